The van der Waals surface area contributed by atoms with E-state index in [0.717, 1.165) is 33.9 Å². The van der Waals surface area contributed by atoms with Gasteiger partial charge in [0.2, 0.25) is 5.89 Å². The minimum Gasteiger partial charge on any atom is -0.495 e. The molecule has 0 bridgehead atoms. The molecule has 5 rings (SSSR count). The Morgan fingerprint density at radius 3 is 2.51 bits per heavy atom. The number of halogens is 1. The van der Waals surface area contributed by atoms with Gasteiger partial charge in [-0.2, -0.15) is 0 Å². The van der Waals surface area contributed by atoms with E-state index in [9.17, 15) is 9.90 Å². The molecule has 0 aliphatic rings. The molecule has 0 aliphatic carbocycles. The van der Waals surface area contributed by atoms with Crippen molar-refractivity contribution < 1.29 is 19.1 Å². The van der Waals surface area contributed by atoms with E-state index in [0.29, 0.717) is 21.9 Å². The molecular weight excluding hydrogens is 486 g/mol. The van der Waals surface area contributed by atoms with Gasteiger partial charge >= 0.3 is 5.97 Å². The second kappa shape index (κ2) is 9.69. The fraction of sp³-hybridized carbons (Fsp3) is 0.0385. The van der Waals surface area contributed by atoms with Crippen LogP contribution in [0.1, 0.15) is 5.56 Å². The lowest BCUT2D eigenvalue weighted by molar-refractivity contribution is -0.131. The summed E-state index contributed by atoms with van der Waals surface area (Å²) >= 11 is 6.83. The number of benzene rings is 3. The third-order valence-corrected chi connectivity index (χ3v) is 6.40. The number of nitrogens with zero attached hydrogens (tertiary/aromatic N) is 2. The molecule has 174 valence electrons. The van der Waals surface area contributed by atoms with Crippen LogP contribution in [0.4, 0.5) is 0 Å². The van der Waals surface area contributed by atoms with Gasteiger partial charge in [0.05, 0.1) is 18.3 Å². The minimum absolute atomic E-state index is 0.0252. The Hall–Kier alpha value is -4.01. The number of aliphatic carboxylic acids is 1. The fourth-order valence-electron chi connectivity index (χ4n) is 3.68. The first-order valence-electron chi connectivity index (χ1n) is 10.5. The predicted molar refractivity (Wildman–Crippen MR) is 137 cm³/mol. The second-order valence-electron chi connectivity index (χ2n) is 7.46. The molecule has 0 fully saturated rings. The molecule has 0 atom stereocenters. The van der Waals surface area contributed by atoms with E-state index in [2.05, 4.69) is 15.2 Å². The van der Waals surface area contributed by atoms with E-state index in [-0.39, 0.29) is 16.0 Å². The van der Waals surface area contributed by atoms with Crippen LogP contribution in [0.25, 0.3) is 39.7 Å². The van der Waals surface area contributed by atoms with E-state index >= 15 is 0 Å². The van der Waals surface area contributed by atoms with E-state index in [1.807, 2.05) is 48.5 Å². The van der Waals surface area contributed by atoms with Crippen molar-refractivity contribution in [2.24, 2.45) is 0 Å². The van der Waals surface area contributed by atoms with Crippen molar-refractivity contribution in [1.29, 1.82) is 0 Å². The summed E-state index contributed by atoms with van der Waals surface area (Å²) in [4.78, 5) is 15.7. The van der Waals surface area contributed by atoms with Gasteiger partial charge in [-0.3, -0.25) is 0 Å². The molecule has 2 N–H and O–H groups in total. The van der Waals surface area contributed by atoms with Gasteiger partial charge in [0.25, 0.3) is 5.22 Å². The van der Waals surface area contributed by atoms with E-state index in [1.54, 1.807) is 37.5 Å². The number of fused-ring (bicyclic) bond motifs is 1. The number of para-hydroxylation sites is 1. The van der Waals surface area contributed by atoms with Gasteiger partial charge in [0, 0.05) is 21.5 Å². The summed E-state index contributed by atoms with van der Waals surface area (Å²) < 4.78 is 11.2. The van der Waals surface area contributed by atoms with Crippen molar-refractivity contribution in [1.82, 2.24) is 15.2 Å². The molecule has 2 heterocycles. The van der Waals surface area contributed by atoms with Gasteiger partial charge in [-0.05, 0) is 53.7 Å². The van der Waals surface area contributed by atoms with E-state index in [4.69, 9.17) is 20.8 Å². The fourth-order valence-corrected chi connectivity index (χ4v) is 4.46. The highest BCUT2D eigenvalue weighted by Crippen LogP contribution is 2.38. The predicted octanol–water partition coefficient (Wildman–Crippen LogP) is 6.76. The summed E-state index contributed by atoms with van der Waals surface area (Å²) in [6.45, 7) is 0. The second-order valence-corrected chi connectivity index (χ2v) is 8.89. The van der Waals surface area contributed by atoms with Crippen LogP contribution in [0.3, 0.4) is 0 Å². The zero-order chi connectivity index (χ0) is 24.4. The summed E-state index contributed by atoms with van der Waals surface area (Å²) in [6.07, 6.45) is 1.61. The number of carboxylic acid groups (broad SMARTS) is 1. The third kappa shape index (κ3) is 4.66. The lowest BCUT2D eigenvalue weighted by atomic mass is 10.0. The maximum Gasteiger partial charge on any atom is 0.342 e. The maximum atomic E-state index is 12.2. The van der Waals surface area contributed by atoms with Gasteiger partial charge in [-0.15, -0.1) is 10.2 Å². The Bertz CT molecular complexity index is 1540. The molecule has 0 aliphatic heterocycles. The number of aromatic amines is 1. The van der Waals surface area contributed by atoms with Crippen molar-refractivity contribution in [2.45, 2.75) is 5.22 Å². The Morgan fingerprint density at radius 1 is 1.03 bits per heavy atom. The molecule has 9 heteroatoms. The number of hydrogen-bond acceptors (Lipinski definition) is 6. The van der Waals surface area contributed by atoms with E-state index in [1.165, 1.54) is 0 Å². The summed E-state index contributed by atoms with van der Waals surface area (Å²) in [5.74, 6) is -0.179. The lowest BCUT2D eigenvalue weighted by Gasteiger charge is -2.03. The summed E-state index contributed by atoms with van der Waals surface area (Å²) in [7, 11) is 1.60. The monoisotopic (exact) mass is 503 g/mol. The first-order chi connectivity index (χ1) is 17.0. The van der Waals surface area contributed by atoms with Crippen LogP contribution in [-0.4, -0.2) is 33.4 Å². The Labute approximate surface area is 209 Å². The highest BCUT2D eigenvalue weighted by Gasteiger charge is 2.20. The van der Waals surface area contributed by atoms with Crippen LogP contribution in [0.5, 0.6) is 5.75 Å². The van der Waals surface area contributed by atoms with Crippen molar-refractivity contribution >= 4 is 46.3 Å². The highest BCUT2D eigenvalue weighted by atomic mass is 35.5. The van der Waals surface area contributed by atoms with Crippen molar-refractivity contribution in [3.05, 3.63) is 88.3 Å². The van der Waals surface area contributed by atoms with Crippen LogP contribution >= 0.6 is 23.4 Å². The number of ether oxygens (including phenoxy) is 1. The zero-order valence-corrected chi connectivity index (χ0v) is 19.9. The van der Waals surface area contributed by atoms with Crippen LogP contribution in [0.2, 0.25) is 5.02 Å². The number of H-pyrrole nitrogens is 1. The molecule has 3 aromatic carbocycles. The third-order valence-electron chi connectivity index (χ3n) is 5.30. The van der Waals surface area contributed by atoms with Gasteiger partial charge in [-0.1, -0.05) is 54.1 Å². The van der Waals surface area contributed by atoms with Crippen molar-refractivity contribution in [3.8, 4) is 28.5 Å². The SMILES string of the molecule is COc1cccc2c(/C=C(\Sc3nnc(-c4ccc(Cl)cc4)o3)C(=O)O)c(-c3ccccc3)[nH]c12. The van der Waals surface area contributed by atoms with Crippen LogP contribution in [0, 0.1) is 0 Å². The largest absolute Gasteiger partial charge is 0.495 e. The average Bonchev–Trinajstić information content (AvgIpc) is 3.49. The summed E-state index contributed by atoms with van der Waals surface area (Å²) in [5.41, 5.74) is 3.86. The molecule has 0 amide bonds. The highest BCUT2D eigenvalue weighted by molar-refractivity contribution is 8.03. The zero-order valence-electron chi connectivity index (χ0n) is 18.4. The molecule has 35 heavy (non-hydrogen) atoms. The Balaban J connectivity index is 1.58. The lowest BCUT2D eigenvalue weighted by Crippen LogP contribution is -1.97. The quantitative estimate of drug-likeness (QED) is 0.187. The first kappa shape index (κ1) is 22.8. The van der Waals surface area contributed by atoms with E-state index < -0.39 is 5.97 Å². The molecule has 2 aromatic heterocycles. The smallest absolute Gasteiger partial charge is 0.342 e. The number of carbonyl (C=O) groups is 1. The molecule has 0 unspecified atom stereocenters. The summed E-state index contributed by atoms with van der Waals surface area (Å²) in [6, 6.07) is 22.3. The van der Waals surface area contributed by atoms with Crippen molar-refractivity contribution in [3.63, 3.8) is 0 Å². The van der Waals surface area contributed by atoms with Crippen LogP contribution in [-0.2, 0) is 4.79 Å². The number of rotatable bonds is 7. The standard InChI is InChI=1S/C26H18ClN3O4S/c1-33-20-9-5-8-18-19(22(28-23(18)20)15-6-3-2-4-7-15)14-21(25(31)32)35-26-30-29-24(34-26)16-10-12-17(27)13-11-16/h2-14,28H,1H3,(H,31,32)/b21-14-. The minimum atomic E-state index is -1.11. The van der Waals surface area contributed by atoms with Crippen LogP contribution in [0.15, 0.2) is 87.3 Å². The maximum absolute atomic E-state index is 12.2. The molecule has 0 radical (unpaired) electrons. The molecular formula is C26H18ClN3O4S. The molecule has 7 nitrogen and oxygen atoms in total. The number of hydrogen-bond donors (Lipinski definition) is 2. The number of thioether (sulfide) groups is 1. The molecule has 0 spiro atoms. The Kier molecular flexibility index (Phi) is 6.31. The van der Waals surface area contributed by atoms with Crippen LogP contribution < -0.4 is 4.74 Å². The Morgan fingerprint density at radius 2 is 1.80 bits per heavy atom. The first-order valence-corrected chi connectivity index (χ1v) is 11.7. The molecule has 0 saturated carbocycles. The molecule has 0 saturated heterocycles. The summed E-state index contributed by atoms with van der Waals surface area (Å²) in [5, 5.41) is 19.6. The van der Waals surface area contributed by atoms with Gasteiger partial charge in [-0.25, -0.2) is 4.79 Å². The average molecular weight is 504 g/mol. The number of carboxylic acids is 1. The number of nitrogens with one attached hydrogen (secondary N) is 1. The molecule has 5 aromatic rings. The number of aromatic nitrogens is 3. The van der Waals surface area contributed by atoms with Gasteiger partial charge in [0.1, 0.15) is 10.7 Å². The van der Waals surface area contributed by atoms with Gasteiger partial charge < -0.3 is 19.2 Å². The van der Waals surface area contributed by atoms with Gasteiger partial charge in [0.15, 0.2) is 0 Å². The normalized spacial score (nSPS) is 11.7. The number of methoxy groups -OCH3 is 1. The topological polar surface area (TPSA) is 101 Å². The van der Waals surface area contributed by atoms with Crippen molar-refractivity contribution in [2.75, 3.05) is 7.11 Å².